The fourth-order valence-corrected chi connectivity index (χ4v) is 4.24. The van der Waals surface area contributed by atoms with E-state index in [0.29, 0.717) is 43.6 Å². The molecule has 7 nitrogen and oxygen atoms in total. The Balaban J connectivity index is 1.74. The Labute approximate surface area is 159 Å². The summed E-state index contributed by atoms with van der Waals surface area (Å²) >= 11 is 0. The monoisotopic (exact) mass is 393 g/mol. The molecule has 0 aliphatic carbocycles. The second kappa shape index (κ2) is 8.60. The molecule has 146 valence electrons. The maximum Gasteiger partial charge on any atom is 0.243 e. The lowest BCUT2D eigenvalue weighted by molar-refractivity contribution is 0.0730. The summed E-state index contributed by atoms with van der Waals surface area (Å²) in [6.45, 7) is 1.79. The molecule has 2 aromatic rings. The highest BCUT2D eigenvalue weighted by molar-refractivity contribution is 7.89. The van der Waals surface area contributed by atoms with Gasteiger partial charge in [-0.05, 0) is 17.7 Å². The van der Waals surface area contributed by atoms with Gasteiger partial charge in [-0.1, -0.05) is 12.1 Å². The highest BCUT2D eigenvalue weighted by Gasteiger charge is 2.26. The van der Waals surface area contributed by atoms with E-state index in [1.807, 2.05) is 6.07 Å². The normalized spacial score (nSPS) is 15.3. The minimum Gasteiger partial charge on any atom is -0.496 e. The van der Waals surface area contributed by atoms with Gasteiger partial charge in [-0.15, -0.1) is 0 Å². The Hall–Kier alpha value is -2.29. The summed E-state index contributed by atoms with van der Waals surface area (Å²) < 4.78 is 48.5. The van der Waals surface area contributed by atoms with Crippen LogP contribution in [0, 0.1) is 0 Å². The Morgan fingerprint density at radius 2 is 1.59 bits per heavy atom. The first-order valence-electron chi connectivity index (χ1n) is 8.55. The number of hydrogen-bond acceptors (Lipinski definition) is 6. The van der Waals surface area contributed by atoms with Crippen LogP contribution < -0.4 is 14.2 Å². The Kier molecular flexibility index (Phi) is 6.20. The van der Waals surface area contributed by atoms with Crippen molar-refractivity contribution in [3.05, 3.63) is 48.0 Å². The van der Waals surface area contributed by atoms with Gasteiger partial charge in [0.25, 0.3) is 0 Å². The first kappa shape index (κ1) is 19.5. The van der Waals surface area contributed by atoms with E-state index in [-0.39, 0.29) is 11.5 Å². The van der Waals surface area contributed by atoms with Crippen molar-refractivity contribution >= 4 is 10.0 Å². The number of sulfonamides is 1. The fraction of sp³-hybridized carbons (Fsp3) is 0.368. The molecule has 3 rings (SSSR count). The van der Waals surface area contributed by atoms with E-state index in [1.54, 1.807) is 50.6 Å². The van der Waals surface area contributed by atoms with E-state index in [4.69, 9.17) is 18.9 Å². The molecular formula is C19H23NO6S. The summed E-state index contributed by atoms with van der Waals surface area (Å²) in [6.07, 6.45) is 0. The SMILES string of the molecule is COc1cc(OC)cc(OCc2cccc(S(=O)(=O)N3CCOCC3)c2)c1. The zero-order chi connectivity index (χ0) is 19.3. The Bertz CT molecular complexity index is 855. The van der Waals surface area contributed by atoms with Gasteiger partial charge in [0.05, 0.1) is 32.3 Å². The van der Waals surface area contributed by atoms with Crippen LogP contribution in [0.2, 0.25) is 0 Å². The first-order valence-corrected chi connectivity index (χ1v) is 9.99. The number of benzene rings is 2. The molecule has 1 saturated heterocycles. The molecule has 0 radical (unpaired) electrons. The summed E-state index contributed by atoms with van der Waals surface area (Å²) in [5.74, 6) is 1.81. The van der Waals surface area contributed by atoms with Crippen molar-refractivity contribution in [1.82, 2.24) is 4.31 Å². The smallest absolute Gasteiger partial charge is 0.243 e. The zero-order valence-corrected chi connectivity index (χ0v) is 16.2. The summed E-state index contributed by atoms with van der Waals surface area (Å²) in [7, 11) is -0.395. The molecule has 0 unspecified atom stereocenters. The standard InChI is InChI=1S/C19H23NO6S/c1-23-16-11-17(24-2)13-18(12-16)26-14-15-4-3-5-19(10-15)27(21,22)20-6-8-25-9-7-20/h3-5,10-13H,6-9,14H2,1-2H3. The van der Waals surface area contributed by atoms with Crippen molar-refractivity contribution in [2.75, 3.05) is 40.5 Å². The van der Waals surface area contributed by atoms with Gasteiger partial charge in [0.1, 0.15) is 23.9 Å². The second-order valence-electron chi connectivity index (χ2n) is 6.00. The molecule has 0 saturated carbocycles. The Morgan fingerprint density at radius 1 is 0.963 bits per heavy atom. The van der Waals surface area contributed by atoms with Crippen LogP contribution in [0.3, 0.4) is 0 Å². The maximum atomic E-state index is 12.8. The molecule has 0 aromatic heterocycles. The van der Waals surface area contributed by atoms with E-state index in [1.165, 1.54) is 4.31 Å². The number of hydrogen-bond donors (Lipinski definition) is 0. The third-order valence-corrected chi connectivity index (χ3v) is 6.13. The molecule has 1 heterocycles. The molecule has 0 bridgehead atoms. The van der Waals surface area contributed by atoms with Crippen molar-refractivity contribution in [1.29, 1.82) is 0 Å². The number of rotatable bonds is 7. The molecule has 0 spiro atoms. The van der Waals surface area contributed by atoms with Crippen molar-refractivity contribution < 1.29 is 27.4 Å². The van der Waals surface area contributed by atoms with Crippen molar-refractivity contribution in [2.45, 2.75) is 11.5 Å². The van der Waals surface area contributed by atoms with Gasteiger partial charge in [-0.3, -0.25) is 0 Å². The molecule has 27 heavy (non-hydrogen) atoms. The molecule has 0 N–H and O–H groups in total. The molecule has 8 heteroatoms. The molecule has 1 fully saturated rings. The number of ether oxygens (including phenoxy) is 4. The van der Waals surface area contributed by atoms with Crippen LogP contribution in [0.25, 0.3) is 0 Å². The van der Waals surface area contributed by atoms with Crippen LogP contribution in [0.1, 0.15) is 5.56 Å². The third-order valence-electron chi connectivity index (χ3n) is 4.24. The molecule has 0 amide bonds. The van der Waals surface area contributed by atoms with Crippen molar-refractivity contribution in [2.24, 2.45) is 0 Å². The fourth-order valence-electron chi connectivity index (χ4n) is 2.76. The van der Waals surface area contributed by atoms with Gasteiger partial charge in [0.15, 0.2) is 0 Å². The quantitative estimate of drug-likeness (QED) is 0.719. The van der Waals surface area contributed by atoms with Gasteiger partial charge >= 0.3 is 0 Å². The summed E-state index contributed by atoms with van der Waals surface area (Å²) in [6, 6.07) is 12.0. The van der Waals surface area contributed by atoms with Gasteiger partial charge in [0.2, 0.25) is 10.0 Å². The van der Waals surface area contributed by atoms with E-state index in [2.05, 4.69) is 0 Å². The van der Waals surface area contributed by atoms with Crippen LogP contribution in [0.15, 0.2) is 47.4 Å². The van der Waals surface area contributed by atoms with Gasteiger partial charge in [-0.25, -0.2) is 8.42 Å². The van der Waals surface area contributed by atoms with Gasteiger partial charge in [0, 0.05) is 31.3 Å². The van der Waals surface area contributed by atoms with Gasteiger partial charge in [-0.2, -0.15) is 4.31 Å². The summed E-state index contributed by atoms with van der Waals surface area (Å²) in [5.41, 5.74) is 0.756. The van der Waals surface area contributed by atoms with Crippen molar-refractivity contribution in [3.63, 3.8) is 0 Å². The molecule has 0 atom stereocenters. The molecule has 1 aliphatic rings. The minimum atomic E-state index is -3.53. The van der Waals surface area contributed by atoms with Crippen LogP contribution in [-0.4, -0.2) is 53.2 Å². The Morgan fingerprint density at radius 3 is 2.22 bits per heavy atom. The van der Waals surface area contributed by atoms with E-state index < -0.39 is 10.0 Å². The zero-order valence-electron chi connectivity index (χ0n) is 15.4. The largest absolute Gasteiger partial charge is 0.496 e. The lowest BCUT2D eigenvalue weighted by Crippen LogP contribution is -2.40. The summed E-state index contributed by atoms with van der Waals surface area (Å²) in [5, 5.41) is 0. The molecular weight excluding hydrogens is 370 g/mol. The lowest BCUT2D eigenvalue weighted by Gasteiger charge is -2.26. The lowest BCUT2D eigenvalue weighted by atomic mass is 10.2. The minimum absolute atomic E-state index is 0.225. The van der Waals surface area contributed by atoms with Gasteiger partial charge < -0.3 is 18.9 Å². The van der Waals surface area contributed by atoms with E-state index in [0.717, 1.165) is 5.56 Å². The van der Waals surface area contributed by atoms with Crippen LogP contribution in [-0.2, 0) is 21.4 Å². The average molecular weight is 393 g/mol. The predicted octanol–water partition coefficient (Wildman–Crippen LogP) is 2.30. The van der Waals surface area contributed by atoms with Crippen molar-refractivity contribution in [3.8, 4) is 17.2 Å². The number of methoxy groups -OCH3 is 2. The topological polar surface area (TPSA) is 74.3 Å². The van der Waals surface area contributed by atoms with Crippen LogP contribution in [0.5, 0.6) is 17.2 Å². The first-order chi connectivity index (χ1) is 13.0. The third kappa shape index (κ3) is 4.71. The average Bonchev–Trinajstić information content (AvgIpc) is 2.72. The summed E-state index contributed by atoms with van der Waals surface area (Å²) in [4.78, 5) is 0.258. The maximum absolute atomic E-state index is 12.8. The second-order valence-corrected chi connectivity index (χ2v) is 7.94. The highest BCUT2D eigenvalue weighted by atomic mass is 32.2. The molecule has 2 aromatic carbocycles. The van der Waals surface area contributed by atoms with E-state index in [9.17, 15) is 8.42 Å². The van der Waals surface area contributed by atoms with E-state index >= 15 is 0 Å². The predicted molar refractivity (Wildman–Crippen MR) is 99.9 cm³/mol. The number of nitrogens with zero attached hydrogens (tertiary/aromatic N) is 1. The van der Waals surface area contributed by atoms with Crippen LogP contribution >= 0.6 is 0 Å². The van der Waals surface area contributed by atoms with Crippen LogP contribution in [0.4, 0.5) is 0 Å². The number of morpholine rings is 1. The molecule has 1 aliphatic heterocycles. The highest BCUT2D eigenvalue weighted by Crippen LogP contribution is 2.28.